The number of nitrogens with zero attached hydrogens (tertiary/aromatic N) is 5. The Morgan fingerprint density at radius 3 is 1.88 bits per heavy atom. The molecule has 0 bridgehead atoms. The Morgan fingerprint density at radius 1 is 0.850 bits per heavy atom. The number of rotatable bonds is 22. The van der Waals surface area contributed by atoms with Crippen molar-refractivity contribution in [1.82, 2.24) is 20.4 Å². The van der Waals surface area contributed by atoms with E-state index in [1.165, 1.54) is 19.0 Å². The summed E-state index contributed by atoms with van der Waals surface area (Å²) < 4.78 is 238. The van der Waals surface area contributed by atoms with E-state index in [4.69, 9.17) is 16.4 Å². The Morgan fingerprint density at radius 2 is 1.38 bits per heavy atom. The third-order valence-electron chi connectivity index (χ3n) is 7.76. The number of furan rings is 1. The van der Waals surface area contributed by atoms with Crippen LogP contribution in [-0.2, 0) is 20.9 Å². The molecule has 2 N–H and O–H groups in total. The Balaban J connectivity index is 3.02. The van der Waals surface area contributed by atoms with Gasteiger partial charge < -0.3 is 29.6 Å². The van der Waals surface area contributed by atoms with Crippen molar-refractivity contribution in [3.63, 3.8) is 0 Å². The fraction of sp³-hybridized carbons (Fsp3) is 0.667. The van der Waals surface area contributed by atoms with Crippen molar-refractivity contribution in [3.8, 4) is 12.3 Å². The largest absolute Gasteiger partial charge is 0.464 e. The molecule has 0 unspecified atom stereocenters. The van der Waals surface area contributed by atoms with E-state index in [-0.39, 0.29) is 18.7 Å². The molecule has 0 fully saturated rings. The molecular formula is C30H30F17N7O6. The first-order valence-corrected chi connectivity index (χ1v) is 16.1. The topological polar surface area (TPSA) is 170 Å². The van der Waals surface area contributed by atoms with Crippen LogP contribution >= 0.6 is 0 Å². The molecule has 1 atom stereocenters. The number of esters is 1. The molecule has 1 aromatic rings. The lowest BCUT2D eigenvalue weighted by atomic mass is 9.88. The zero-order chi connectivity index (χ0) is 46.9. The lowest BCUT2D eigenvalue weighted by Crippen LogP contribution is -2.74. The van der Waals surface area contributed by atoms with E-state index in [1.54, 1.807) is 0 Å². The predicted octanol–water partition coefficient (Wildman–Crippen LogP) is 7.03. The highest BCUT2D eigenvalue weighted by molar-refractivity contribution is 5.94. The van der Waals surface area contributed by atoms with E-state index in [2.05, 4.69) is 25.4 Å². The molecule has 1 heterocycles. The zero-order valence-corrected chi connectivity index (χ0v) is 30.3. The maximum Gasteiger partial charge on any atom is 0.460 e. The number of azide groups is 1. The predicted molar refractivity (Wildman–Crippen MR) is 165 cm³/mol. The number of halogens is 17. The minimum absolute atomic E-state index is 0.128. The van der Waals surface area contributed by atoms with E-state index < -0.39 is 116 Å². The molecule has 0 aliphatic carbocycles. The van der Waals surface area contributed by atoms with Gasteiger partial charge in [0.05, 0.1) is 26.1 Å². The first kappa shape index (κ1) is 52.7. The van der Waals surface area contributed by atoms with Gasteiger partial charge in [0.1, 0.15) is 18.3 Å². The zero-order valence-electron chi connectivity index (χ0n) is 30.3. The Kier molecular flexibility index (Phi) is 17.0. The number of carbonyl (C=O) groups excluding carboxylic acids is 4. The van der Waals surface area contributed by atoms with E-state index in [9.17, 15) is 93.8 Å². The summed E-state index contributed by atoms with van der Waals surface area (Å²) >= 11 is 0. The van der Waals surface area contributed by atoms with Crippen molar-refractivity contribution in [2.75, 3.05) is 40.3 Å². The van der Waals surface area contributed by atoms with Gasteiger partial charge in [-0.15, -0.1) is 6.42 Å². The van der Waals surface area contributed by atoms with Gasteiger partial charge in [-0.2, -0.15) is 74.6 Å². The molecule has 30 heteroatoms. The smallest absolute Gasteiger partial charge is 0.460 e. The number of amides is 4. The number of carbonyl (C=O) groups is 4. The molecule has 60 heavy (non-hydrogen) atoms. The van der Waals surface area contributed by atoms with Gasteiger partial charge in [-0.05, 0) is 30.5 Å². The summed E-state index contributed by atoms with van der Waals surface area (Å²) in [6.07, 6.45) is -4.98. The van der Waals surface area contributed by atoms with Crippen LogP contribution in [0.15, 0.2) is 21.7 Å². The molecule has 340 valence electrons. The van der Waals surface area contributed by atoms with Crippen molar-refractivity contribution in [2.24, 2.45) is 5.11 Å². The highest BCUT2D eigenvalue weighted by Crippen LogP contribution is 2.64. The maximum absolute atomic E-state index is 14.2. The van der Waals surface area contributed by atoms with Crippen LogP contribution in [0.5, 0.6) is 0 Å². The van der Waals surface area contributed by atoms with Gasteiger partial charge >= 0.3 is 59.6 Å². The molecular weight excluding hydrogens is 877 g/mol. The van der Waals surface area contributed by atoms with E-state index in [1.807, 2.05) is 5.92 Å². The van der Waals surface area contributed by atoms with Crippen LogP contribution in [0, 0.1) is 12.3 Å². The molecule has 13 nitrogen and oxygen atoms in total. The summed E-state index contributed by atoms with van der Waals surface area (Å²) in [6, 6.07) is 0.101. The lowest BCUT2D eigenvalue weighted by Gasteiger charge is -2.42. The van der Waals surface area contributed by atoms with Gasteiger partial charge in [0.15, 0.2) is 5.76 Å². The molecule has 0 aromatic carbocycles. The van der Waals surface area contributed by atoms with Crippen LogP contribution in [0.3, 0.4) is 0 Å². The van der Waals surface area contributed by atoms with Crippen molar-refractivity contribution in [3.05, 3.63) is 34.1 Å². The van der Waals surface area contributed by atoms with Gasteiger partial charge in [-0.25, -0.2) is 4.79 Å². The molecule has 4 amide bonds. The number of likely N-dealkylation sites (N-methyl/N-ethyl adjacent to an activating group) is 1. The summed E-state index contributed by atoms with van der Waals surface area (Å²) in [5, 5.41) is 8.05. The van der Waals surface area contributed by atoms with Gasteiger partial charge in [0.25, 0.3) is 5.91 Å². The highest BCUT2D eigenvalue weighted by atomic mass is 19.4. The number of nitrogens with one attached hydrogen (secondary N) is 2. The number of urea groups is 1. The van der Waals surface area contributed by atoms with E-state index in [0.29, 0.717) is 17.7 Å². The Hall–Kier alpha value is -5.36. The highest BCUT2D eigenvalue weighted by Gasteiger charge is 2.95. The van der Waals surface area contributed by atoms with Crippen molar-refractivity contribution in [2.45, 2.75) is 85.9 Å². The van der Waals surface area contributed by atoms with Crippen LogP contribution < -0.4 is 10.6 Å². The van der Waals surface area contributed by atoms with Crippen LogP contribution in [0.25, 0.3) is 10.4 Å². The number of terminal acetylenes is 1. The Labute approximate surface area is 325 Å². The third-order valence-corrected chi connectivity index (χ3v) is 7.76. The fourth-order valence-electron chi connectivity index (χ4n) is 4.42. The number of alkyl halides is 17. The van der Waals surface area contributed by atoms with Gasteiger partial charge in [0.2, 0.25) is 5.91 Å². The van der Waals surface area contributed by atoms with Crippen LogP contribution in [0.2, 0.25) is 0 Å². The summed E-state index contributed by atoms with van der Waals surface area (Å²) in [5.41, 5.74) is 8.33. The molecule has 0 aliphatic rings. The number of unbranched alkanes of at least 4 members (excludes halogenated alkanes) is 1. The maximum atomic E-state index is 14.2. The molecule has 0 saturated heterocycles. The van der Waals surface area contributed by atoms with Gasteiger partial charge in [-0.3, -0.25) is 14.4 Å². The molecule has 1 aromatic heterocycles. The fourth-order valence-corrected chi connectivity index (χ4v) is 4.42. The van der Waals surface area contributed by atoms with Crippen molar-refractivity contribution in [1.29, 1.82) is 0 Å². The Bertz CT molecular complexity index is 1770. The van der Waals surface area contributed by atoms with Crippen molar-refractivity contribution < 1.29 is 103 Å². The minimum Gasteiger partial charge on any atom is -0.464 e. The summed E-state index contributed by atoms with van der Waals surface area (Å²) in [6.45, 7) is -4.83. The van der Waals surface area contributed by atoms with Crippen LogP contribution in [0.1, 0.15) is 42.0 Å². The summed E-state index contributed by atoms with van der Waals surface area (Å²) in [4.78, 5) is 54.1. The normalized spacial score (nSPS) is 13.7. The third kappa shape index (κ3) is 11.1. The summed E-state index contributed by atoms with van der Waals surface area (Å²) in [7, 11) is 2.82. The monoisotopic (exact) mass is 907 g/mol. The molecule has 0 radical (unpaired) electrons. The standard InChI is InChI=1S/C30H30F17N7O6/c1-4-12-54(21(57)18-9-8-16(60-18)14-49-22(58)51-17(20(56)53(2)3)7-5-6-11-50-52-48)15-19(55)59-13-10-23(31,32)24(33,34)25(35,36)26(37,38)27(39,40)28(41,42)29(43,44)30(45,46)47/h1,8-9,17H,5-7,10-15H2,2-3H3,(H2,49,51,58)/t17-/m0/s1. The molecule has 0 aliphatic heterocycles. The molecule has 0 spiro atoms. The second kappa shape index (κ2) is 19.4. The second-order valence-electron chi connectivity index (χ2n) is 12.3. The number of hydrogen-bond acceptors (Lipinski definition) is 7. The minimum atomic E-state index is -8.80. The quantitative estimate of drug-likeness (QED) is 0.0241. The van der Waals surface area contributed by atoms with E-state index in [0.717, 1.165) is 12.1 Å². The van der Waals surface area contributed by atoms with E-state index >= 15 is 0 Å². The number of ether oxygens (including phenoxy) is 1. The van der Waals surface area contributed by atoms with Gasteiger partial charge in [0, 0.05) is 25.6 Å². The lowest BCUT2D eigenvalue weighted by molar-refractivity contribution is -0.461. The van der Waals surface area contributed by atoms with Gasteiger partial charge in [-0.1, -0.05) is 17.5 Å². The molecule has 0 saturated carbocycles. The molecule has 1 rings (SSSR count). The SMILES string of the molecule is C#CCN(CC(=O)OCCC(F)(F)C(F)(F)C(F)(F)C(F)(F)C(F)(F)C(F)(F)C(F)(F)C(F)(F)F)C(=O)c1ccc(CNC(=O)N[C@@H](CCCCN=[N+]=[N-])C(=O)N(C)C)o1. The van der Waals surface area contributed by atoms with Crippen LogP contribution in [0.4, 0.5) is 79.4 Å². The first-order valence-electron chi connectivity index (χ1n) is 16.1. The average Bonchev–Trinajstić information content (AvgIpc) is 3.60. The number of hydrogen-bond donors (Lipinski definition) is 2. The van der Waals surface area contributed by atoms with Crippen molar-refractivity contribution >= 4 is 23.8 Å². The second-order valence-corrected chi connectivity index (χ2v) is 12.3. The summed E-state index contributed by atoms with van der Waals surface area (Å²) in [5.74, 6) is -60.5. The first-order chi connectivity index (χ1) is 27.1. The van der Waals surface area contributed by atoms with Crippen LogP contribution in [-0.4, -0.2) is 128 Å². The average molecular weight is 908 g/mol.